The van der Waals surface area contributed by atoms with Crippen molar-refractivity contribution in [2.24, 2.45) is 10.7 Å². The van der Waals surface area contributed by atoms with E-state index in [1.807, 2.05) is 20.8 Å². The summed E-state index contributed by atoms with van der Waals surface area (Å²) in [6, 6.07) is 6.34. The quantitative estimate of drug-likeness (QED) is 0.436. The van der Waals surface area contributed by atoms with Crippen LogP contribution in [0.15, 0.2) is 29.3 Å². The molecule has 0 spiro atoms. The van der Waals surface area contributed by atoms with Crippen LogP contribution < -0.4 is 15.8 Å². The molecule has 126 valence electrons. The van der Waals surface area contributed by atoms with Gasteiger partial charge in [-0.3, -0.25) is 0 Å². The number of benzene rings is 1. The first-order chi connectivity index (χ1) is 9.55. The Balaban J connectivity index is 0.00000441. The third-order valence-corrected chi connectivity index (χ3v) is 2.24. The van der Waals surface area contributed by atoms with Crippen LogP contribution in [0.3, 0.4) is 0 Å². The Hall–Kier alpha value is -1.19. The molecule has 3 N–H and O–H groups in total. The predicted molar refractivity (Wildman–Crippen MR) is 91.6 cm³/mol. The number of nitrogens with zero attached hydrogens (tertiary/aromatic N) is 1. The fraction of sp³-hybridized carbons (Fsp3) is 0.500. The van der Waals surface area contributed by atoms with Crippen molar-refractivity contribution >= 4 is 29.9 Å². The van der Waals surface area contributed by atoms with E-state index in [-0.39, 0.29) is 47.8 Å². The molecule has 0 aliphatic carbocycles. The summed E-state index contributed by atoms with van der Waals surface area (Å²) in [5, 5.41) is 3.00. The normalized spacial score (nSPS) is 12.5. The highest BCUT2D eigenvalue weighted by Gasteiger charge is 2.28. The summed E-state index contributed by atoms with van der Waals surface area (Å²) in [5.41, 5.74) is 6.23. The Kier molecular flexibility index (Phi) is 7.99. The molecular formula is C14H21F3IN3O. The lowest BCUT2D eigenvalue weighted by Crippen LogP contribution is -2.44. The van der Waals surface area contributed by atoms with Gasteiger partial charge in [0.25, 0.3) is 0 Å². The van der Waals surface area contributed by atoms with E-state index < -0.39 is 12.8 Å². The number of halogens is 4. The second kappa shape index (κ2) is 8.44. The summed E-state index contributed by atoms with van der Waals surface area (Å²) < 4.78 is 40.9. The first-order valence-electron chi connectivity index (χ1n) is 6.42. The molecule has 0 amide bonds. The van der Waals surface area contributed by atoms with E-state index in [0.717, 1.165) is 0 Å². The van der Waals surface area contributed by atoms with Gasteiger partial charge in [0.2, 0.25) is 0 Å². The molecular weight excluding hydrogens is 410 g/mol. The molecule has 1 rings (SSSR count). The zero-order valence-corrected chi connectivity index (χ0v) is 15.0. The number of guanidine groups is 1. The van der Waals surface area contributed by atoms with Gasteiger partial charge in [-0.05, 0) is 38.5 Å². The van der Waals surface area contributed by atoms with E-state index in [4.69, 9.17) is 5.73 Å². The molecule has 1 aromatic carbocycles. The van der Waals surface area contributed by atoms with Crippen LogP contribution in [0.1, 0.15) is 26.3 Å². The van der Waals surface area contributed by atoms with E-state index in [1.54, 1.807) is 12.1 Å². The van der Waals surface area contributed by atoms with Crippen molar-refractivity contribution < 1.29 is 17.9 Å². The predicted octanol–water partition coefficient (Wildman–Crippen LogP) is 3.45. The van der Waals surface area contributed by atoms with Gasteiger partial charge < -0.3 is 15.8 Å². The summed E-state index contributed by atoms with van der Waals surface area (Å²) in [4.78, 5) is 4.14. The summed E-state index contributed by atoms with van der Waals surface area (Å²) in [7, 11) is 0. The van der Waals surface area contributed by atoms with Crippen LogP contribution in [0.4, 0.5) is 13.2 Å². The molecule has 0 aliphatic heterocycles. The second-order valence-electron chi connectivity index (χ2n) is 5.63. The molecule has 1 aromatic rings. The van der Waals surface area contributed by atoms with Gasteiger partial charge in [-0.15, -0.1) is 24.0 Å². The zero-order valence-electron chi connectivity index (χ0n) is 12.7. The van der Waals surface area contributed by atoms with E-state index in [2.05, 4.69) is 15.0 Å². The first kappa shape index (κ1) is 20.8. The number of aliphatic imine (C=N–C) groups is 1. The van der Waals surface area contributed by atoms with Crippen molar-refractivity contribution in [1.29, 1.82) is 0 Å². The van der Waals surface area contributed by atoms with E-state index in [0.29, 0.717) is 5.56 Å². The van der Waals surface area contributed by atoms with Crippen molar-refractivity contribution in [1.82, 2.24) is 5.32 Å². The fourth-order valence-electron chi connectivity index (χ4n) is 1.50. The third-order valence-electron chi connectivity index (χ3n) is 2.24. The van der Waals surface area contributed by atoms with E-state index in [9.17, 15) is 13.2 Å². The molecule has 0 radical (unpaired) electrons. The molecule has 0 aromatic heterocycles. The Labute approximate surface area is 145 Å². The van der Waals surface area contributed by atoms with Crippen LogP contribution in [0.25, 0.3) is 0 Å². The van der Waals surface area contributed by atoms with Gasteiger partial charge in [-0.2, -0.15) is 13.2 Å². The largest absolute Gasteiger partial charge is 0.484 e. The van der Waals surface area contributed by atoms with Gasteiger partial charge in [0.1, 0.15) is 5.75 Å². The van der Waals surface area contributed by atoms with Crippen molar-refractivity contribution in [2.75, 3.05) is 6.61 Å². The van der Waals surface area contributed by atoms with Crippen LogP contribution in [-0.4, -0.2) is 24.3 Å². The van der Waals surface area contributed by atoms with Crippen LogP contribution in [-0.2, 0) is 6.54 Å². The molecule has 0 unspecified atom stereocenters. The lowest BCUT2D eigenvalue weighted by molar-refractivity contribution is -0.153. The number of rotatable bonds is 4. The van der Waals surface area contributed by atoms with Gasteiger partial charge in [-0.25, -0.2) is 4.99 Å². The number of hydrogen-bond acceptors (Lipinski definition) is 2. The average Bonchev–Trinajstić information content (AvgIpc) is 2.32. The number of nitrogens with two attached hydrogens (primary N) is 1. The van der Waals surface area contributed by atoms with Gasteiger partial charge in [0.05, 0.1) is 6.54 Å². The molecule has 0 heterocycles. The minimum atomic E-state index is -4.35. The maximum Gasteiger partial charge on any atom is 0.422 e. The first-order valence-corrected chi connectivity index (χ1v) is 6.42. The lowest BCUT2D eigenvalue weighted by atomic mass is 10.1. The molecule has 0 atom stereocenters. The van der Waals surface area contributed by atoms with Gasteiger partial charge >= 0.3 is 6.18 Å². The van der Waals surface area contributed by atoms with Gasteiger partial charge in [0, 0.05) is 5.54 Å². The highest BCUT2D eigenvalue weighted by atomic mass is 127. The van der Waals surface area contributed by atoms with Crippen LogP contribution in [0.5, 0.6) is 5.75 Å². The maximum absolute atomic E-state index is 12.1. The maximum atomic E-state index is 12.1. The Morgan fingerprint density at radius 1 is 1.27 bits per heavy atom. The average molecular weight is 431 g/mol. The fourth-order valence-corrected chi connectivity index (χ4v) is 1.50. The number of hydrogen-bond donors (Lipinski definition) is 2. The molecule has 4 nitrogen and oxygen atoms in total. The Bertz CT molecular complexity index is 499. The van der Waals surface area contributed by atoms with Gasteiger partial charge in [-0.1, -0.05) is 12.1 Å². The summed E-state index contributed by atoms with van der Waals surface area (Å²) in [6.07, 6.45) is -4.35. The molecule has 0 bridgehead atoms. The number of nitrogens with one attached hydrogen (secondary N) is 1. The Morgan fingerprint density at radius 3 is 2.45 bits per heavy atom. The van der Waals surface area contributed by atoms with Crippen molar-refractivity contribution in [3.63, 3.8) is 0 Å². The smallest absolute Gasteiger partial charge is 0.422 e. The zero-order chi connectivity index (χ0) is 16.1. The van der Waals surface area contributed by atoms with Crippen molar-refractivity contribution in [2.45, 2.75) is 39.0 Å². The molecule has 0 aliphatic rings. The SMILES string of the molecule is CC(C)(C)NC(N)=NCc1cccc(OCC(F)(F)F)c1.I. The van der Waals surface area contributed by atoms with Crippen molar-refractivity contribution in [3.8, 4) is 5.75 Å². The van der Waals surface area contributed by atoms with E-state index in [1.165, 1.54) is 12.1 Å². The minimum Gasteiger partial charge on any atom is -0.484 e. The Morgan fingerprint density at radius 2 is 1.91 bits per heavy atom. The standard InChI is InChI=1S/C14H20F3N3O.HI/c1-13(2,3)20-12(18)19-8-10-5-4-6-11(7-10)21-9-14(15,16)17;/h4-7H,8-9H2,1-3H3,(H3,18,19,20);1H. The van der Waals surface area contributed by atoms with Crippen LogP contribution in [0, 0.1) is 0 Å². The van der Waals surface area contributed by atoms with E-state index >= 15 is 0 Å². The highest BCUT2D eigenvalue weighted by molar-refractivity contribution is 14.0. The summed E-state index contributed by atoms with van der Waals surface area (Å²) in [6.45, 7) is 4.79. The molecule has 22 heavy (non-hydrogen) atoms. The van der Waals surface area contributed by atoms with Crippen LogP contribution >= 0.6 is 24.0 Å². The number of alkyl halides is 3. The minimum absolute atomic E-state index is 0. The molecule has 0 fully saturated rings. The summed E-state index contributed by atoms with van der Waals surface area (Å²) in [5.74, 6) is 0.437. The second-order valence-corrected chi connectivity index (χ2v) is 5.63. The summed E-state index contributed by atoms with van der Waals surface area (Å²) >= 11 is 0. The molecule has 8 heteroatoms. The van der Waals surface area contributed by atoms with Crippen molar-refractivity contribution in [3.05, 3.63) is 29.8 Å². The van der Waals surface area contributed by atoms with Gasteiger partial charge in [0.15, 0.2) is 12.6 Å². The lowest BCUT2D eigenvalue weighted by Gasteiger charge is -2.21. The monoisotopic (exact) mass is 431 g/mol. The highest BCUT2D eigenvalue weighted by Crippen LogP contribution is 2.19. The molecule has 0 saturated heterocycles. The third kappa shape index (κ3) is 9.69. The van der Waals surface area contributed by atoms with Crippen LogP contribution in [0.2, 0.25) is 0 Å². The topological polar surface area (TPSA) is 59.6 Å². The number of ether oxygens (including phenoxy) is 1. The molecule has 0 saturated carbocycles.